The van der Waals surface area contributed by atoms with E-state index in [2.05, 4.69) is 48.3 Å². The van der Waals surface area contributed by atoms with Gasteiger partial charge in [-0.25, -0.2) is 0 Å². The molecule has 3 nitrogen and oxygen atoms in total. The second kappa shape index (κ2) is 7.54. The van der Waals surface area contributed by atoms with Crippen LogP contribution < -0.4 is 14.8 Å². The van der Waals surface area contributed by atoms with Crippen molar-refractivity contribution in [1.82, 2.24) is 5.32 Å². The van der Waals surface area contributed by atoms with E-state index in [1.54, 1.807) is 7.11 Å². The second-order valence-electron chi connectivity index (χ2n) is 6.40. The average Bonchev–Trinajstić information content (AvgIpc) is 3.01. The van der Waals surface area contributed by atoms with Crippen molar-refractivity contribution in [2.45, 2.75) is 32.4 Å². The summed E-state index contributed by atoms with van der Waals surface area (Å²) in [5.41, 5.74) is 5.08. The number of rotatable bonds is 7. The fourth-order valence-corrected chi connectivity index (χ4v) is 3.16. The summed E-state index contributed by atoms with van der Waals surface area (Å²) in [6, 6.07) is 15.2. The monoisotopic (exact) mass is 323 g/mol. The van der Waals surface area contributed by atoms with E-state index in [1.165, 1.54) is 16.7 Å². The molecule has 0 saturated heterocycles. The first-order valence-corrected chi connectivity index (χ1v) is 8.42. The van der Waals surface area contributed by atoms with E-state index in [-0.39, 0.29) is 0 Å². The molecule has 0 fully saturated rings. The summed E-state index contributed by atoms with van der Waals surface area (Å²) >= 11 is 0. The zero-order valence-electron chi connectivity index (χ0n) is 14.5. The van der Waals surface area contributed by atoms with Crippen molar-refractivity contribution in [3.8, 4) is 11.5 Å². The number of fused-ring (bicyclic) bond motifs is 1. The highest BCUT2D eigenvalue weighted by Gasteiger charge is 2.21. The van der Waals surface area contributed by atoms with Gasteiger partial charge >= 0.3 is 0 Å². The maximum absolute atomic E-state index is 5.81. The summed E-state index contributed by atoms with van der Waals surface area (Å²) in [5.74, 6) is 1.53. The molecule has 0 aliphatic heterocycles. The lowest BCUT2D eigenvalue weighted by molar-refractivity contribution is 0.319. The number of benzene rings is 2. The normalized spacial score (nSPS) is 15.8. The van der Waals surface area contributed by atoms with Crippen LogP contribution in [0, 0.1) is 0 Å². The standard InChI is InChI=1S/C21H25NO2/c1-15(2)14-24-21-12-16(8-11-20(21)23-3)13-22-19-10-9-17-6-4-5-7-18(17)19/h4-8,11-12,19,22H,1,9-10,13-14H2,2-3H3. The first-order chi connectivity index (χ1) is 11.7. The molecule has 1 atom stereocenters. The second-order valence-corrected chi connectivity index (χ2v) is 6.40. The van der Waals surface area contributed by atoms with E-state index in [1.807, 2.05) is 13.0 Å². The zero-order valence-corrected chi connectivity index (χ0v) is 14.5. The highest BCUT2D eigenvalue weighted by Crippen LogP contribution is 2.32. The van der Waals surface area contributed by atoms with E-state index in [4.69, 9.17) is 9.47 Å². The molecule has 0 heterocycles. The Morgan fingerprint density at radius 2 is 2.04 bits per heavy atom. The van der Waals surface area contributed by atoms with Crippen LogP contribution in [0.3, 0.4) is 0 Å². The minimum Gasteiger partial charge on any atom is -0.493 e. The van der Waals surface area contributed by atoms with Gasteiger partial charge in [-0.3, -0.25) is 0 Å². The molecule has 3 rings (SSSR count). The van der Waals surface area contributed by atoms with Crippen LogP contribution in [0.2, 0.25) is 0 Å². The maximum Gasteiger partial charge on any atom is 0.161 e. The lowest BCUT2D eigenvalue weighted by Crippen LogP contribution is -2.18. The Labute approximate surface area is 144 Å². The van der Waals surface area contributed by atoms with E-state index >= 15 is 0 Å². The van der Waals surface area contributed by atoms with Crippen molar-refractivity contribution < 1.29 is 9.47 Å². The first kappa shape index (κ1) is 16.6. The number of hydrogen-bond acceptors (Lipinski definition) is 3. The highest BCUT2D eigenvalue weighted by molar-refractivity contribution is 5.43. The van der Waals surface area contributed by atoms with Crippen LogP contribution in [0.25, 0.3) is 0 Å². The van der Waals surface area contributed by atoms with Crippen molar-refractivity contribution in [2.24, 2.45) is 0 Å². The highest BCUT2D eigenvalue weighted by atomic mass is 16.5. The smallest absolute Gasteiger partial charge is 0.161 e. The fourth-order valence-electron chi connectivity index (χ4n) is 3.16. The van der Waals surface area contributed by atoms with Gasteiger partial charge in [-0.15, -0.1) is 0 Å². The Morgan fingerprint density at radius 3 is 2.83 bits per heavy atom. The van der Waals surface area contributed by atoms with Crippen LogP contribution in [0.5, 0.6) is 11.5 Å². The van der Waals surface area contributed by atoms with Crippen LogP contribution >= 0.6 is 0 Å². The van der Waals surface area contributed by atoms with Gasteiger partial charge < -0.3 is 14.8 Å². The van der Waals surface area contributed by atoms with E-state index in [9.17, 15) is 0 Å². The van der Waals surface area contributed by atoms with Gasteiger partial charge in [0, 0.05) is 12.6 Å². The molecule has 1 aliphatic rings. The Hall–Kier alpha value is -2.26. The van der Waals surface area contributed by atoms with Crippen molar-refractivity contribution in [3.05, 3.63) is 71.3 Å². The van der Waals surface area contributed by atoms with Gasteiger partial charge in [0.1, 0.15) is 6.61 Å². The molecule has 1 N–H and O–H groups in total. The summed E-state index contributed by atoms with van der Waals surface area (Å²) < 4.78 is 11.2. The Morgan fingerprint density at radius 1 is 1.21 bits per heavy atom. The molecule has 126 valence electrons. The topological polar surface area (TPSA) is 30.5 Å². The molecule has 0 aromatic heterocycles. The number of ether oxygens (including phenoxy) is 2. The van der Waals surface area contributed by atoms with E-state index in [0.717, 1.165) is 36.5 Å². The van der Waals surface area contributed by atoms with E-state index in [0.29, 0.717) is 12.6 Å². The zero-order chi connectivity index (χ0) is 16.9. The van der Waals surface area contributed by atoms with E-state index < -0.39 is 0 Å². The fraction of sp³-hybridized carbons (Fsp3) is 0.333. The van der Waals surface area contributed by atoms with Gasteiger partial charge in [0.05, 0.1) is 7.11 Å². The quantitative estimate of drug-likeness (QED) is 0.765. The largest absolute Gasteiger partial charge is 0.493 e. The average molecular weight is 323 g/mol. The minimum atomic E-state index is 0.433. The van der Waals surface area contributed by atoms with Crippen LogP contribution in [0.1, 0.15) is 36.1 Å². The third kappa shape index (κ3) is 3.80. The van der Waals surface area contributed by atoms with Crippen molar-refractivity contribution in [1.29, 1.82) is 0 Å². The van der Waals surface area contributed by atoms with Gasteiger partial charge in [0.25, 0.3) is 0 Å². The molecular formula is C21H25NO2. The predicted molar refractivity (Wildman–Crippen MR) is 97.6 cm³/mol. The first-order valence-electron chi connectivity index (χ1n) is 8.42. The number of aryl methyl sites for hydroxylation is 1. The van der Waals surface area contributed by atoms with Crippen molar-refractivity contribution >= 4 is 0 Å². The Kier molecular flexibility index (Phi) is 5.21. The third-order valence-corrected chi connectivity index (χ3v) is 4.39. The number of hydrogen-bond donors (Lipinski definition) is 1. The molecule has 1 unspecified atom stereocenters. The molecular weight excluding hydrogens is 298 g/mol. The Balaban J connectivity index is 1.67. The SMILES string of the molecule is C=C(C)COc1cc(CNC2CCc3ccccc32)ccc1OC. The number of methoxy groups -OCH3 is 1. The predicted octanol–water partition coefficient (Wildman–Crippen LogP) is 4.43. The minimum absolute atomic E-state index is 0.433. The van der Waals surface area contributed by atoms with Gasteiger partial charge in [0.2, 0.25) is 0 Å². The van der Waals surface area contributed by atoms with Crippen LogP contribution in [0.15, 0.2) is 54.6 Å². The summed E-state index contributed by atoms with van der Waals surface area (Å²) in [6.07, 6.45) is 2.32. The Bertz CT molecular complexity index is 724. The van der Waals surface area contributed by atoms with Crippen molar-refractivity contribution in [2.75, 3.05) is 13.7 Å². The lowest BCUT2D eigenvalue weighted by atomic mass is 10.1. The molecule has 0 amide bonds. The van der Waals surface area contributed by atoms with Crippen LogP contribution in [-0.4, -0.2) is 13.7 Å². The molecule has 0 radical (unpaired) electrons. The van der Waals surface area contributed by atoms with Gasteiger partial charge in [-0.2, -0.15) is 0 Å². The molecule has 0 saturated carbocycles. The van der Waals surface area contributed by atoms with Gasteiger partial charge in [-0.05, 0) is 54.2 Å². The summed E-state index contributed by atoms with van der Waals surface area (Å²) in [6.45, 7) is 7.15. The summed E-state index contributed by atoms with van der Waals surface area (Å²) in [4.78, 5) is 0. The molecule has 3 heteroatoms. The molecule has 1 aliphatic carbocycles. The summed E-state index contributed by atoms with van der Waals surface area (Å²) in [5, 5.41) is 3.67. The lowest BCUT2D eigenvalue weighted by Gasteiger charge is -2.16. The molecule has 0 spiro atoms. The van der Waals surface area contributed by atoms with Gasteiger partial charge in [0.15, 0.2) is 11.5 Å². The molecule has 0 bridgehead atoms. The van der Waals surface area contributed by atoms with Gasteiger partial charge in [-0.1, -0.05) is 36.9 Å². The third-order valence-electron chi connectivity index (χ3n) is 4.39. The maximum atomic E-state index is 5.81. The summed E-state index contributed by atoms with van der Waals surface area (Å²) in [7, 11) is 1.66. The van der Waals surface area contributed by atoms with Crippen LogP contribution in [0.4, 0.5) is 0 Å². The molecule has 2 aromatic carbocycles. The molecule has 24 heavy (non-hydrogen) atoms. The number of nitrogens with one attached hydrogen (secondary N) is 1. The molecule has 2 aromatic rings. The van der Waals surface area contributed by atoms with Crippen molar-refractivity contribution in [3.63, 3.8) is 0 Å². The van der Waals surface area contributed by atoms with Crippen LogP contribution in [-0.2, 0) is 13.0 Å².